The number of nitrogens with two attached hydrogens (primary N) is 1. The van der Waals surface area contributed by atoms with Gasteiger partial charge in [0, 0.05) is 0 Å². The first-order valence-electron chi connectivity index (χ1n) is 6.35. The summed E-state index contributed by atoms with van der Waals surface area (Å²) in [6.07, 6.45) is 0. The molecule has 0 radical (unpaired) electrons. The SMILES string of the molecule is CCOC(=O)c1nn(Cc2ccc(F)c(Cl)c2)c(N)c1C#N. The van der Waals surface area contributed by atoms with Crippen molar-refractivity contribution in [3.8, 4) is 6.07 Å². The first-order chi connectivity index (χ1) is 10.5. The second-order valence-corrected chi connectivity index (χ2v) is 4.75. The molecule has 0 fully saturated rings. The average Bonchev–Trinajstić information content (AvgIpc) is 2.80. The number of nitriles is 1. The molecule has 0 saturated carbocycles. The Balaban J connectivity index is 2.37. The summed E-state index contributed by atoms with van der Waals surface area (Å²) in [5.74, 6) is -1.23. The van der Waals surface area contributed by atoms with Crippen molar-refractivity contribution in [2.75, 3.05) is 12.3 Å². The standard InChI is InChI=1S/C14H12ClFN4O2/c1-2-22-14(21)12-9(6-17)13(18)20(19-12)7-8-3-4-11(16)10(15)5-8/h3-5H,2,7,18H2,1H3. The van der Waals surface area contributed by atoms with Crippen LogP contribution in [0.5, 0.6) is 0 Å². The van der Waals surface area contributed by atoms with E-state index in [9.17, 15) is 9.18 Å². The lowest BCUT2D eigenvalue weighted by Crippen LogP contribution is -2.09. The van der Waals surface area contributed by atoms with Crippen LogP contribution in [0.3, 0.4) is 0 Å². The average molecular weight is 323 g/mol. The first kappa shape index (κ1) is 15.8. The summed E-state index contributed by atoms with van der Waals surface area (Å²) in [5, 5.41) is 13.1. The molecule has 2 rings (SSSR count). The predicted molar refractivity (Wildman–Crippen MR) is 77.8 cm³/mol. The molecule has 0 bridgehead atoms. The highest BCUT2D eigenvalue weighted by atomic mass is 35.5. The van der Waals surface area contributed by atoms with Gasteiger partial charge in [-0.15, -0.1) is 0 Å². The highest BCUT2D eigenvalue weighted by molar-refractivity contribution is 6.30. The van der Waals surface area contributed by atoms with Gasteiger partial charge in [-0.25, -0.2) is 13.9 Å². The van der Waals surface area contributed by atoms with E-state index in [1.54, 1.807) is 6.92 Å². The van der Waals surface area contributed by atoms with Crippen molar-refractivity contribution in [2.24, 2.45) is 0 Å². The zero-order valence-electron chi connectivity index (χ0n) is 11.6. The van der Waals surface area contributed by atoms with Crippen molar-refractivity contribution >= 4 is 23.4 Å². The van der Waals surface area contributed by atoms with Crippen molar-refractivity contribution in [1.82, 2.24) is 9.78 Å². The highest BCUT2D eigenvalue weighted by Crippen LogP contribution is 2.21. The Hall–Kier alpha value is -2.59. The van der Waals surface area contributed by atoms with E-state index in [1.807, 2.05) is 6.07 Å². The number of rotatable bonds is 4. The maximum Gasteiger partial charge on any atom is 0.360 e. The largest absolute Gasteiger partial charge is 0.461 e. The Morgan fingerprint density at radius 3 is 2.91 bits per heavy atom. The molecule has 1 heterocycles. The molecule has 0 aliphatic rings. The molecule has 2 aromatic rings. The molecule has 8 heteroatoms. The number of nitrogen functional groups attached to an aromatic ring is 1. The number of benzene rings is 1. The third kappa shape index (κ3) is 3.02. The van der Waals surface area contributed by atoms with Gasteiger partial charge in [0.25, 0.3) is 0 Å². The fraction of sp³-hybridized carbons (Fsp3) is 0.214. The van der Waals surface area contributed by atoms with E-state index >= 15 is 0 Å². The molecule has 0 unspecified atom stereocenters. The summed E-state index contributed by atoms with van der Waals surface area (Å²) >= 11 is 5.71. The second kappa shape index (κ2) is 6.45. The molecule has 22 heavy (non-hydrogen) atoms. The molecule has 2 N–H and O–H groups in total. The van der Waals surface area contributed by atoms with Gasteiger partial charge in [-0.05, 0) is 24.6 Å². The summed E-state index contributed by atoms with van der Waals surface area (Å²) in [7, 11) is 0. The van der Waals surface area contributed by atoms with Gasteiger partial charge in [-0.3, -0.25) is 0 Å². The van der Waals surface area contributed by atoms with E-state index in [2.05, 4.69) is 5.10 Å². The molecule has 1 aromatic carbocycles. The van der Waals surface area contributed by atoms with Crippen LogP contribution in [-0.4, -0.2) is 22.4 Å². The monoisotopic (exact) mass is 322 g/mol. The molecule has 0 spiro atoms. The van der Waals surface area contributed by atoms with Crippen LogP contribution in [0, 0.1) is 17.1 Å². The van der Waals surface area contributed by atoms with Gasteiger partial charge in [0.2, 0.25) is 0 Å². The zero-order valence-corrected chi connectivity index (χ0v) is 12.4. The van der Waals surface area contributed by atoms with Crippen molar-refractivity contribution in [1.29, 1.82) is 5.26 Å². The number of ether oxygens (including phenoxy) is 1. The third-order valence-electron chi connectivity index (χ3n) is 2.89. The summed E-state index contributed by atoms with van der Waals surface area (Å²) in [5.41, 5.74) is 6.26. The number of carbonyl (C=O) groups excluding carboxylic acids is 1. The van der Waals surface area contributed by atoms with E-state index in [-0.39, 0.29) is 35.2 Å². The summed E-state index contributed by atoms with van der Waals surface area (Å²) in [6.45, 7) is 1.94. The normalized spacial score (nSPS) is 10.3. The Kier molecular flexibility index (Phi) is 4.63. The summed E-state index contributed by atoms with van der Waals surface area (Å²) < 4.78 is 19.3. The topological polar surface area (TPSA) is 93.9 Å². The molecule has 1 aromatic heterocycles. The Morgan fingerprint density at radius 2 is 2.32 bits per heavy atom. The maximum atomic E-state index is 13.1. The Morgan fingerprint density at radius 1 is 1.59 bits per heavy atom. The van der Waals surface area contributed by atoms with Crippen molar-refractivity contribution in [3.63, 3.8) is 0 Å². The fourth-order valence-corrected chi connectivity index (χ4v) is 2.06. The number of anilines is 1. The second-order valence-electron chi connectivity index (χ2n) is 4.35. The van der Waals surface area contributed by atoms with E-state index in [0.29, 0.717) is 5.56 Å². The number of hydrogen-bond donors (Lipinski definition) is 1. The van der Waals surface area contributed by atoms with Gasteiger partial charge in [0.15, 0.2) is 5.69 Å². The lowest BCUT2D eigenvalue weighted by molar-refractivity contribution is 0.0518. The van der Waals surface area contributed by atoms with E-state index in [1.165, 1.54) is 22.9 Å². The van der Waals surface area contributed by atoms with Crippen LogP contribution in [0.2, 0.25) is 5.02 Å². The maximum absolute atomic E-state index is 13.1. The van der Waals surface area contributed by atoms with E-state index < -0.39 is 11.8 Å². The minimum absolute atomic E-state index is 0.0330. The zero-order chi connectivity index (χ0) is 16.3. The summed E-state index contributed by atoms with van der Waals surface area (Å²) in [6, 6.07) is 5.99. The number of carbonyl (C=O) groups is 1. The highest BCUT2D eigenvalue weighted by Gasteiger charge is 2.22. The first-order valence-corrected chi connectivity index (χ1v) is 6.73. The lowest BCUT2D eigenvalue weighted by Gasteiger charge is -2.05. The van der Waals surface area contributed by atoms with Crippen LogP contribution in [0.25, 0.3) is 0 Å². The van der Waals surface area contributed by atoms with Crippen LogP contribution in [0.4, 0.5) is 10.2 Å². The number of nitrogens with zero attached hydrogens (tertiary/aromatic N) is 3. The van der Waals surface area contributed by atoms with Gasteiger partial charge in [0.05, 0.1) is 18.2 Å². The van der Waals surface area contributed by atoms with Crippen LogP contribution in [0.1, 0.15) is 28.5 Å². The number of aromatic nitrogens is 2. The molecule has 0 aliphatic carbocycles. The number of hydrogen-bond acceptors (Lipinski definition) is 5. The van der Waals surface area contributed by atoms with Gasteiger partial charge in [0.1, 0.15) is 23.3 Å². The third-order valence-corrected chi connectivity index (χ3v) is 3.18. The quantitative estimate of drug-likeness (QED) is 0.872. The minimum Gasteiger partial charge on any atom is -0.461 e. The summed E-state index contributed by atoms with van der Waals surface area (Å²) in [4.78, 5) is 11.8. The number of esters is 1. The van der Waals surface area contributed by atoms with Crippen molar-refractivity contribution < 1.29 is 13.9 Å². The molecule has 0 saturated heterocycles. The van der Waals surface area contributed by atoms with Gasteiger partial charge in [-0.2, -0.15) is 10.4 Å². The van der Waals surface area contributed by atoms with Crippen LogP contribution in [-0.2, 0) is 11.3 Å². The Bertz CT molecular complexity index is 767. The minimum atomic E-state index is -0.721. The predicted octanol–water partition coefficient (Wildman–Crippen LogP) is 2.35. The van der Waals surface area contributed by atoms with E-state index in [0.717, 1.165) is 0 Å². The molecular weight excluding hydrogens is 311 g/mol. The lowest BCUT2D eigenvalue weighted by atomic mass is 10.2. The molecule has 114 valence electrons. The Labute approximate surface area is 130 Å². The molecule has 6 nitrogen and oxygen atoms in total. The molecule has 0 atom stereocenters. The van der Waals surface area contributed by atoms with Crippen LogP contribution < -0.4 is 5.73 Å². The van der Waals surface area contributed by atoms with Gasteiger partial charge in [-0.1, -0.05) is 17.7 Å². The van der Waals surface area contributed by atoms with Crippen LogP contribution >= 0.6 is 11.6 Å². The van der Waals surface area contributed by atoms with E-state index in [4.69, 9.17) is 27.3 Å². The van der Waals surface area contributed by atoms with Gasteiger partial charge >= 0.3 is 5.97 Å². The number of halogens is 2. The van der Waals surface area contributed by atoms with Crippen molar-refractivity contribution in [2.45, 2.75) is 13.5 Å². The van der Waals surface area contributed by atoms with Gasteiger partial charge < -0.3 is 10.5 Å². The fourth-order valence-electron chi connectivity index (χ4n) is 1.86. The molecule has 0 aliphatic heterocycles. The molecule has 0 amide bonds. The molecular formula is C14H12ClFN4O2. The van der Waals surface area contributed by atoms with Crippen LogP contribution in [0.15, 0.2) is 18.2 Å². The smallest absolute Gasteiger partial charge is 0.360 e. The van der Waals surface area contributed by atoms with Crippen molar-refractivity contribution in [3.05, 3.63) is 45.9 Å².